The van der Waals surface area contributed by atoms with Crippen molar-refractivity contribution in [2.45, 2.75) is 51.9 Å². The molecule has 2 aromatic rings. The minimum atomic E-state index is -4.56. The van der Waals surface area contributed by atoms with E-state index in [2.05, 4.69) is 21.2 Å². The van der Waals surface area contributed by atoms with Crippen LogP contribution in [0.25, 0.3) is 0 Å². The Bertz CT molecular complexity index is 935. The monoisotopic (exact) mass is 520 g/mol. The fraction of sp³-hybridized carbons (Fsp3) is 0.429. The molecule has 0 aliphatic heterocycles. The lowest BCUT2D eigenvalue weighted by molar-refractivity contribution is -0.138. The predicted octanol–water partition coefficient (Wildman–Crippen LogP) is 5.96. The van der Waals surface area contributed by atoms with Crippen LogP contribution in [-0.2, 0) is 12.6 Å². The highest BCUT2D eigenvalue weighted by atomic mass is 79.9. The number of halogens is 4. The molecule has 2 N–H and O–H groups in total. The SMILES string of the molecule is Cc1sc(C(=O)N[C@@H](Cc2ccccc2C(F)(F)F)CN(C(=O)O)C(C)(C)C)cc1Br. The number of alkyl halides is 3. The van der Waals surface area contributed by atoms with Gasteiger partial charge in [-0.2, -0.15) is 13.2 Å². The number of nitrogens with one attached hydrogen (secondary N) is 1. The maximum Gasteiger partial charge on any atom is 0.416 e. The molecule has 10 heteroatoms. The van der Waals surface area contributed by atoms with Gasteiger partial charge in [-0.1, -0.05) is 18.2 Å². The second-order valence-corrected chi connectivity index (χ2v) is 10.2. The Morgan fingerprint density at radius 2 is 1.84 bits per heavy atom. The van der Waals surface area contributed by atoms with E-state index in [1.54, 1.807) is 26.8 Å². The molecule has 0 unspecified atom stereocenters. The highest BCUT2D eigenvalue weighted by molar-refractivity contribution is 9.10. The van der Waals surface area contributed by atoms with Gasteiger partial charge < -0.3 is 15.3 Å². The molecule has 5 nitrogen and oxygen atoms in total. The van der Waals surface area contributed by atoms with Crippen LogP contribution < -0.4 is 5.32 Å². The van der Waals surface area contributed by atoms with Crippen LogP contribution in [0.3, 0.4) is 0 Å². The molecule has 0 spiro atoms. The van der Waals surface area contributed by atoms with Crippen LogP contribution >= 0.6 is 27.3 Å². The van der Waals surface area contributed by atoms with Gasteiger partial charge >= 0.3 is 12.3 Å². The summed E-state index contributed by atoms with van der Waals surface area (Å²) in [6, 6.07) is 5.87. The first kappa shape index (κ1) is 25.2. The van der Waals surface area contributed by atoms with Crippen LogP contribution in [0.1, 0.15) is 46.4 Å². The molecule has 2 rings (SSSR count). The summed E-state index contributed by atoms with van der Waals surface area (Å²) in [4.78, 5) is 27.0. The molecular formula is C21H24BrF3N2O3S. The van der Waals surface area contributed by atoms with Crippen molar-refractivity contribution in [3.63, 3.8) is 0 Å². The third-order valence-electron chi connectivity index (χ3n) is 4.65. The third-order valence-corrected chi connectivity index (χ3v) is 6.78. The van der Waals surface area contributed by atoms with Gasteiger partial charge in [0.15, 0.2) is 0 Å². The Hall–Kier alpha value is -2.07. The molecule has 0 fully saturated rings. The summed E-state index contributed by atoms with van der Waals surface area (Å²) in [6.45, 7) is 6.72. The first-order chi connectivity index (χ1) is 14.2. The summed E-state index contributed by atoms with van der Waals surface area (Å²) in [7, 11) is 0. The Labute approximate surface area is 191 Å². The van der Waals surface area contributed by atoms with Gasteiger partial charge in [0.1, 0.15) is 0 Å². The zero-order valence-electron chi connectivity index (χ0n) is 17.5. The summed E-state index contributed by atoms with van der Waals surface area (Å²) in [5.74, 6) is -0.465. The van der Waals surface area contributed by atoms with E-state index in [1.807, 2.05) is 6.92 Å². The van der Waals surface area contributed by atoms with E-state index in [1.165, 1.54) is 29.5 Å². The quantitative estimate of drug-likeness (QED) is 0.493. The number of benzene rings is 1. The molecular weight excluding hydrogens is 497 g/mol. The summed E-state index contributed by atoms with van der Waals surface area (Å²) >= 11 is 4.58. The van der Waals surface area contributed by atoms with Crippen molar-refractivity contribution in [3.05, 3.63) is 55.7 Å². The maximum atomic E-state index is 13.5. The average molecular weight is 521 g/mol. The molecule has 1 aromatic heterocycles. The Kier molecular flexibility index (Phi) is 7.80. The second-order valence-electron chi connectivity index (χ2n) is 8.11. The van der Waals surface area contributed by atoms with Gasteiger partial charge in [0.25, 0.3) is 5.91 Å². The molecule has 0 aliphatic rings. The number of carboxylic acid groups (broad SMARTS) is 1. The zero-order chi connectivity index (χ0) is 23.6. The first-order valence-corrected chi connectivity index (χ1v) is 11.0. The number of carbonyl (C=O) groups excluding carboxylic acids is 1. The van der Waals surface area contributed by atoms with Gasteiger partial charge in [-0.3, -0.25) is 4.79 Å². The molecule has 2 amide bonds. The molecule has 0 radical (unpaired) electrons. The van der Waals surface area contributed by atoms with Gasteiger partial charge in [0.2, 0.25) is 0 Å². The standard InChI is InChI=1S/C21H24BrF3N2O3S/c1-12-16(22)10-17(31-12)18(28)26-14(11-27(19(29)30)20(2,3)4)9-13-7-5-6-8-15(13)21(23,24)25/h5-8,10,14H,9,11H2,1-4H3,(H,26,28)(H,29,30)/t14-/m0/s1. The number of hydrogen-bond acceptors (Lipinski definition) is 3. The maximum absolute atomic E-state index is 13.5. The smallest absolute Gasteiger partial charge is 0.416 e. The fourth-order valence-electron chi connectivity index (χ4n) is 3.09. The molecule has 0 aliphatic carbocycles. The number of hydrogen-bond donors (Lipinski definition) is 2. The lowest BCUT2D eigenvalue weighted by atomic mass is 9.97. The van der Waals surface area contributed by atoms with Crippen LogP contribution in [0.2, 0.25) is 0 Å². The minimum absolute atomic E-state index is 0.0110. The molecule has 0 bridgehead atoms. The summed E-state index contributed by atoms with van der Waals surface area (Å²) in [6.07, 6.45) is -5.95. The summed E-state index contributed by atoms with van der Waals surface area (Å²) in [5, 5.41) is 12.4. The first-order valence-electron chi connectivity index (χ1n) is 9.42. The summed E-state index contributed by atoms with van der Waals surface area (Å²) in [5.41, 5.74) is -1.62. The molecule has 0 saturated carbocycles. The Morgan fingerprint density at radius 1 is 1.23 bits per heavy atom. The number of aryl methyl sites for hydroxylation is 1. The zero-order valence-corrected chi connectivity index (χ0v) is 19.9. The van der Waals surface area contributed by atoms with E-state index in [0.29, 0.717) is 4.88 Å². The molecule has 1 heterocycles. The van der Waals surface area contributed by atoms with Gasteiger partial charge in [0, 0.05) is 21.4 Å². The van der Waals surface area contributed by atoms with E-state index in [0.717, 1.165) is 20.3 Å². The summed E-state index contributed by atoms with van der Waals surface area (Å²) < 4.78 is 41.1. The van der Waals surface area contributed by atoms with Crippen molar-refractivity contribution in [1.29, 1.82) is 0 Å². The number of thiophene rings is 1. The van der Waals surface area contributed by atoms with Crippen molar-refractivity contribution in [3.8, 4) is 0 Å². The van der Waals surface area contributed by atoms with Crippen molar-refractivity contribution < 1.29 is 27.9 Å². The van der Waals surface area contributed by atoms with Crippen LogP contribution in [0, 0.1) is 6.92 Å². The van der Waals surface area contributed by atoms with Gasteiger partial charge in [-0.25, -0.2) is 4.79 Å². The van der Waals surface area contributed by atoms with Crippen molar-refractivity contribution in [2.24, 2.45) is 0 Å². The fourth-order valence-corrected chi connectivity index (χ4v) is 4.53. The van der Waals surface area contributed by atoms with E-state index in [4.69, 9.17) is 0 Å². The second kappa shape index (κ2) is 9.60. The average Bonchev–Trinajstić information content (AvgIpc) is 2.96. The van der Waals surface area contributed by atoms with E-state index in [-0.39, 0.29) is 18.5 Å². The normalized spacial score (nSPS) is 13.0. The van der Waals surface area contributed by atoms with Crippen molar-refractivity contribution in [2.75, 3.05) is 6.54 Å². The molecule has 170 valence electrons. The van der Waals surface area contributed by atoms with Gasteiger partial charge in [0.05, 0.1) is 16.5 Å². The van der Waals surface area contributed by atoms with Gasteiger partial charge in [-0.05, 0) is 67.7 Å². The van der Waals surface area contributed by atoms with Crippen LogP contribution in [0.4, 0.5) is 18.0 Å². The van der Waals surface area contributed by atoms with Gasteiger partial charge in [-0.15, -0.1) is 11.3 Å². The number of carbonyl (C=O) groups is 2. The highest BCUT2D eigenvalue weighted by Gasteiger charge is 2.35. The molecule has 0 saturated heterocycles. The topological polar surface area (TPSA) is 69.6 Å². The van der Waals surface area contributed by atoms with Crippen molar-refractivity contribution >= 4 is 39.3 Å². The Morgan fingerprint density at radius 3 is 2.32 bits per heavy atom. The van der Waals surface area contributed by atoms with E-state index >= 15 is 0 Å². The Balaban J connectivity index is 2.38. The molecule has 1 aromatic carbocycles. The van der Waals surface area contributed by atoms with Crippen LogP contribution in [0.15, 0.2) is 34.8 Å². The largest absolute Gasteiger partial charge is 0.465 e. The molecule has 1 atom stereocenters. The third kappa shape index (κ3) is 6.70. The lowest BCUT2D eigenvalue weighted by Crippen LogP contribution is -2.53. The highest BCUT2D eigenvalue weighted by Crippen LogP contribution is 2.33. The predicted molar refractivity (Wildman–Crippen MR) is 118 cm³/mol. The number of nitrogens with zero attached hydrogens (tertiary/aromatic N) is 1. The van der Waals surface area contributed by atoms with Crippen molar-refractivity contribution in [1.82, 2.24) is 10.2 Å². The number of amides is 2. The minimum Gasteiger partial charge on any atom is -0.465 e. The van der Waals surface area contributed by atoms with Crippen LogP contribution in [0.5, 0.6) is 0 Å². The molecule has 31 heavy (non-hydrogen) atoms. The number of rotatable bonds is 6. The lowest BCUT2D eigenvalue weighted by Gasteiger charge is -2.36. The van der Waals surface area contributed by atoms with E-state index in [9.17, 15) is 27.9 Å². The van der Waals surface area contributed by atoms with Crippen LogP contribution in [-0.4, -0.2) is 40.1 Å². The van der Waals surface area contributed by atoms with E-state index < -0.39 is 35.3 Å².